The molecule has 5 nitrogen and oxygen atoms in total. The Balaban J connectivity index is 1.67. The number of carbonyl (C=O) groups excluding carboxylic acids is 1. The summed E-state index contributed by atoms with van der Waals surface area (Å²) in [5.41, 5.74) is 1.48. The first-order valence-electron chi connectivity index (χ1n) is 11.0. The molecule has 1 aliphatic carbocycles. The van der Waals surface area contributed by atoms with Crippen LogP contribution >= 0.6 is 22.9 Å². The first-order valence-corrected chi connectivity index (χ1v) is 12.2. The minimum Gasteiger partial charge on any atom is -0.352 e. The molecule has 0 unspecified atom stereocenters. The van der Waals surface area contributed by atoms with Gasteiger partial charge in [-0.1, -0.05) is 20.3 Å². The molecular weight excluding hydrogens is 404 g/mol. The monoisotopic (exact) mass is 434 g/mol. The first kappa shape index (κ1) is 20.9. The molecule has 3 heterocycles. The summed E-state index contributed by atoms with van der Waals surface area (Å²) in [6.45, 7) is 9.32. The zero-order valence-electron chi connectivity index (χ0n) is 17.7. The Morgan fingerprint density at radius 3 is 2.72 bits per heavy atom. The molecule has 2 atom stereocenters. The SMILES string of the molecule is CCCCc1nc(N2CCN(C(=O)[C@@H](C)Cl)CC2)c2c3c(sc2n1)C[C@@H](C)CC3. The summed E-state index contributed by atoms with van der Waals surface area (Å²) in [7, 11) is 0. The maximum atomic E-state index is 12.3. The number of rotatable bonds is 5. The van der Waals surface area contributed by atoms with E-state index in [1.165, 1.54) is 22.2 Å². The summed E-state index contributed by atoms with van der Waals surface area (Å²) in [6, 6.07) is 0. The molecule has 158 valence electrons. The van der Waals surface area contributed by atoms with Crippen molar-refractivity contribution in [2.45, 2.75) is 64.7 Å². The van der Waals surface area contributed by atoms with Gasteiger partial charge in [-0.05, 0) is 44.1 Å². The van der Waals surface area contributed by atoms with Crippen LogP contribution in [0.4, 0.5) is 5.82 Å². The van der Waals surface area contributed by atoms with Gasteiger partial charge >= 0.3 is 0 Å². The van der Waals surface area contributed by atoms with Crippen LogP contribution < -0.4 is 4.90 Å². The summed E-state index contributed by atoms with van der Waals surface area (Å²) < 4.78 is 0. The Bertz CT molecular complexity index is 889. The number of unbranched alkanes of at least 4 members (excludes halogenated alkanes) is 1. The molecule has 0 radical (unpaired) electrons. The molecule has 2 aromatic rings. The second-order valence-electron chi connectivity index (χ2n) is 8.53. The molecule has 2 aliphatic rings. The summed E-state index contributed by atoms with van der Waals surface area (Å²) >= 11 is 7.89. The van der Waals surface area contributed by atoms with Crippen molar-refractivity contribution in [3.05, 3.63) is 16.3 Å². The van der Waals surface area contributed by atoms with Crippen LogP contribution in [0.5, 0.6) is 0 Å². The van der Waals surface area contributed by atoms with E-state index in [-0.39, 0.29) is 5.91 Å². The standard InChI is InChI=1S/C22H31ClN4OS/c1-4-5-6-18-24-20(26-9-11-27(12-10-26)22(28)15(3)23)19-16-8-7-14(2)13-17(16)29-21(19)25-18/h14-15H,4-13H2,1-3H3/t14-,15+/m0/s1. The third kappa shape index (κ3) is 4.24. The summed E-state index contributed by atoms with van der Waals surface area (Å²) in [5.74, 6) is 2.84. The Hall–Kier alpha value is -1.40. The first-order chi connectivity index (χ1) is 14.0. The molecule has 7 heteroatoms. The molecule has 1 fully saturated rings. The Labute approximate surface area is 182 Å². The van der Waals surface area contributed by atoms with Crippen molar-refractivity contribution in [1.29, 1.82) is 0 Å². The topological polar surface area (TPSA) is 49.3 Å². The average Bonchev–Trinajstić information content (AvgIpc) is 3.08. The van der Waals surface area contributed by atoms with Crippen LogP contribution in [-0.4, -0.2) is 52.3 Å². The fourth-order valence-corrected chi connectivity index (χ4v) is 5.97. The number of amides is 1. The van der Waals surface area contributed by atoms with Gasteiger partial charge in [-0.3, -0.25) is 4.79 Å². The molecule has 0 N–H and O–H groups in total. The normalized spacial score (nSPS) is 20.8. The van der Waals surface area contributed by atoms with Gasteiger partial charge in [0.25, 0.3) is 0 Å². The van der Waals surface area contributed by atoms with Crippen molar-refractivity contribution in [1.82, 2.24) is 14.9 Å². The highest BCUT2D eigenvalue weighted by molar-refractivity contribution is 7.19. The highest BCUT2D eigenvalue weighted by Gasteiger charge is 2.29. The van der Waals surface area contributed by atoms with Crippen LogP contribution in [0.2, 0.25) is 0 Å². The molecule has 1 saturated heterocycles. The Morgan fingerprint density at radius 1 is 1.28 bits per heavy atom. The molecule has 2 aromatic heterocycles. The average molecular weight is 435 g/mol. The van der Waals surface area contributed by atoms with Gasteiger partial charge in [-0.25, -0.2) is 9.97 Å². The van der Waals surface area contributed by atoms with E-state index in [2.05, 4.69) is 18.7 Å². The zero-order chi connectivity index (χ0) is 20.5. The Morgan fingerprint density at radius 2 is 2.03 bits per heavy atom. The number of fused-ring (bicyclic) bond motifs is 3. The number of halogens is 1. The van der Waals surface area contributed by atoms with Crippen molar-refractivity contribution < 1.29 is 4.79 Å². The van der Waals surface area contributed by atoms with Crippen molar-refractivity contribution in [3.8, 4) is 0 Å². The minimum atomic E-state index is -0.459. The number of anilines is 1. The van der Waals surface area contributed by atoms with E-state index in [0.29, 0.717) is 13.1 Å². The highest BCUT2D eigenvalue weighted by atomic mass is 35.5. The molecule has 29 heavy (non-hydrogen) atoms. The number of piperazine rings is 1. The van der Waals surface area contributed by atoms with Gasteiger partial charge in [0.1, 0.15) is 21.8 Å². The number of thiophene rings is 1. The third-order valence-corrected chi connectivity index (χ3v) is 7.50. The van der Waals surface area contributed by atoms with Crippen LogP contribution in [-0.2, 0) is 24.1 Å². The van der Waals surface area contributed by atoms with E-state index < -0.39 is 5.38 Å². The van der Waals surface area contributed by atoms with Gasteiger partial charge in [0.05, 0.1) is 5.39 Å². The molecule has 1 amide bonds. The number of alkyl halides is 1. The minimum absolute atomic E-state index is 0.0321. The molecule has 0 spiro atoms. The predicted molar refractivity (Wildman–Crippen MR) is 121 cm³/mol. The van der Waals surface area contributed by atoms with Crippen LogP contribution in [0.15, 0.2) is 0 Å². The number of aryl methyl sites for hydroxylation is 2. The van der Waals surface area contributed by atoms with Crippen LogP contribution in [0.3, 0.4) is 0 Å². The third-order valence-electron chi connectivity index (χ3n) is 6.17. The number of carbonyl (C=O) groups is 1. The van der Waals surface area contributed by atoms with E-state index >= 15 is 0 Å². The molecule has 0 bridgehead atoms. The fourth-order valence-electron chi connectivity index (χ4n) is 4.43. The van der Waals surface area contributed by atoms with Crippen molar-refractivity contribution >= 4 is 44.9 Å². The summed E-state index contributed by atoms with van der Waals surface area (Å²) in [6.07, 6.45) is 6.72. The maximum Gasteiger partial charge on any atom is 0.240 e. The van der Waals surface area contributed by atoms with Gasteiger partial charge < -0.3 is 9.80 Å². The summed E-state index contributed by atoms with van der Waals surface area (Å²) in [4.78, 5) is 29.2. The number of nitrogens with zero attached hydrogens (tertiary/aromatic N) is 4. The van der Waals surface area contributed by atoms with E-state index in [4.69, 9.17) is 21.6 Å². The molecule has 4 rings (SSSR count). The van der Waals surface area contributed by atoms with Crippen LogP contribution in [0.1, 0.15) is 56.3 Å². The number of hydrogen-bond donors (Lipinski definition) is 0. The van der Waals surface area contributed by atoms with Crippen LogP contribution in [0, 0.1) is 5.92 Å². The lowest BCUT2D eigenvalue weighted by Gasteiger charge is -2.36. The van der Waals surface area contributed by atoms with Gasteiger partial charge in [0.15, 0.2) is 0 Å². The lowest BCUT2D eigenvalue weighted by Crippen LogP contribution is -2.50. The van der Waals surface area contributed by atoms with Crippen LogP contribution in [0.25, 0.3) is 10.2 Å². The largest absolute Gasteiger partial charge is 0.352 e. The quantitative estimate of drug-likeness (QED) is 0.653. The van der Waals surface area contributed by atoms with Crippen molar-refractivity contribution in [3.63, 3.8) is 0 Å². The highest BCUT2D eigenvalue weighted by Crippen LogP contribution is 2.41. The molecule has 0 saturated carbocycles. The molecule has 1 aliphatic heterocycles. The second kappa shape index (κ2) is 8.76. The smallest absolute Gasteiger partial charge is 0.240 e. The Kier molecular flexibility index (Phi) is 6.30. The van der Waals surface area contributed by atoms with Gasteiger partial charge in [-0.2, -0.15) is 0 Å². The van der Waals surface area contributed by atoms with Gasteiger partial charge in [0, 0.05) is 37.5 Å². The maximum absolute atomic E-state index is 12.3. The van der Waals surface area contributed by atoms with Gasteiger partial charge in [-0.15, -0.1) is 22.9 Å². The molecule has 0 aromatic carbocycles. The van der Waals surface area contributed by atoms with E-state index in [1.807, 2.05) is 16.2 Å². The van der Waals surface area contributed by atoms with Crippen molar-refractivity contribution in [2.24, 2.45) is 5.92 Å². The second-order valence-corrected chi connectivity index (χ2v) is 10.3. The lowest BCUT2D eigenvalue weighted by molar-refractivity contribution is -0.130. The number of aromatic nitrogens is 2. The van der Waals surface area contributed by atoms with E-state index in [1.54, 1.807) is 6.92 Å². The fraction of sp³-hybridized carbons (Fsp3) is 0.682. The van der Waals surface area contributed by atoms with E-state index in [9.17, 15) is 4.79 Å². The van der Waals surface area contributed by atoms with Gasteiger partial charge in [0.2, 0.25) is 5.91 Å². The zero-order valence-corrected chi connectivity index (χ0v) is 19.3. The van der Waals surface area contributed by atoms with Crippen molar-refractivity contribution in [2.75, 3.05) is 31.1 Å². The number of hydrogen-bond acceptors (Lipinski definition) is 5. The predicted octanol–water partition coefficient (Wildman–Crippen LogP) is 4.43. The summed E-state index contributed by atoms with van der Waals surface area (Å²) in [5, 5.41) is 0.821. The molecular formula is C22H31ClN4OS. The van der Waals surface area contributed by atoms with E-state index in [0.717, 1.165) is 67.6 Å². The lowest BCUT2D eigenvalue weighted by atomic mass is 9.89.